The molecule has 1 unspecified atom stereocenters. The van der Waals surface area contributed by atoms with Crippen molar-refractivity contribution in [1.82, 2.24) is 0 Å². The zero-order chi connectivity index (χ0) is 9.26. The lowest BCUT2D eigenvalue weighted by atomic mass is 10.2. The van der Waals surface area contributed by atoms with Gasteiger partial charge in [0, 0.05) is 16.3 Å². The molecule has 1 atom stereocenters. The Hall–Kier alpha value is -0.740. The van der Waals surface area contributed by atoms with E-state index in [4.69, 9.17) is 5.11 Å². The van der Waals surface area contributed by atoms with Crippen molar-refractivity contribution in [2.45, 2.75) is 10.9 Å². The van der Waals surface area contributed by atoms with Crippen LogP contribution in [0.1, 0.15) is 0 Å². The van der Waals surface area contributed by atoms with Gasteiger partial charge in [0.05, 0.1) is 12.6 Å². The Morgan fingerprint density at radius 1 is 1.62 bits per heavy atom. The predicted molar refractivity (Wildman–Crippen MR) is 51.6 cm³/mol. The Kier molecular flexibility index (Phi) is 2.42. The standard InChI is InChI=1S/C9H10FNOS/c10-6-1-2-8-9(3-6)13-5-7(4-12)11-8/h1-3,7,11-12H,4-5H2. The Labute approximate surface area is 80.2 Å². The molecule has 2 rings (SSSR count). The molecule has 1 heterocycles. The number of rotatable bonds is 1. The maximum Gasteiger partial charge on any atom is 0.124 e. The van der Waals surface area contributed by atoms with Crippen LogP contribution >= 0.6 is 11.8 Å². The molecule has 0 aromatic heterocycles. The fourth-order valence-electron chi connectivity index (χ4n) is 1.29. The Morgan fingerprint density at radius 2 is 2.46 bits per heavy atom. The quantitative estimate of drug-likeness (QED) is 0.722. The van der Waals surface area contributed by atoms with E-state index >= 15 is 0 Å². The van der Waals surface area contributed by atoms with E-state index in [0.717, 1.165) is 16.3 Å². The first-order valence-electron chi connectivity index (χ1n) is 4.09. The molecular weight excluding hydrogens is 189 g/mol. The van der Waals surface area contributed by atoms with E-state index in [1.165, 1.54) is 12.1 Å². The Morgan fingerprint density at radius 3 is 3.23 bits per heavy atom. The van der Waals surface area contributed by atoms with Crippen molar-refractivity contribution < 1.29 is 9.50 Å². The zero-order valence-electron chi connectivity index (χ0n) is 6.96. The number of aliphatic hydroxyl groups excluding tert-OH is 1. The highest BCUT2D eigenvalue weighted by Crippen LogP contribution is 2.33. The van der Waals surface area contributed by atoms with Gasteiger partial charge in [-0.25, -0.2) is 4.39 Å². The predicted octanol–water partition coefficient (Wildman–Crippen LogP) is 1.70. The number of fused-ring (bicyclic) bond motifs is 1. The van der Waals surface area contributed by atoms with Crippen molar-refractivity contribution in [1.29, 1.82) is 0 Å². The third-order valence-corrected chi connectivity index (χ3v) is 3.18. The van der Waals surface area contributed by atoms with Gasteiger partial charge in [-0.15, -0.1) is 11.8 Å². The summed E-state index contributed by atoms with van der Waals surface area (Å²) in [6.07, 6.45) is 0. The van der Waals surface area contributed by atoms with E-state index in [2.05, 4.69) is 5.32 Å². The van der Waals surface area contributed by atoms with Crippen molar-refractivity contribution in [3.8, 4) is 0 Å². The highest BCUT2D eigenvalue weighted by Gasteiger charge is 2.17. The molecule has 13 heavy (non-hydrogen) atoms. The van der Waals surface area contributed by atoms with Gasteiger partial charge < -0.3 is 10.4 Å². The molecule has 4 heteroatoms. The average Bonchev–Trinajstić information content (AvgIpc) is 2.17. The van der Waals surface area contributed by atoms with Crippen LogP contribution in [-0.2, 0) is 0 Å². The highest BCUT2D eigenvalue weighted by molar-refractivity contribution is 7.99. The molecule has 0 saturated carbocycles. The number of anilines is 1. The summed E-state index contributed by atoms with van der Waals surface area (Å²) in [7, 11) is 0. The van der Waals surface area contributed by atoms with Gasteiger partial charge in [0.25, 0.3) is 0 Å². The van der Waals surface area contributed by atoms with E-state index in [0.29, 0.717) is 0 Å². The van der Waals surface area contributed by atoms with Crippen LogP contribution in [0.3, 0.4) is 0 Å². The van der Waals surface area contributed by atoms with Crippen molar-refractivity contribution in [3.05, 3.63) is 24.0 Å². The molecule has 2 nitrogen and oxygen atoms in total. The molecule has 0 fully saturated rings. The SMILES string of the molecule is OCC1CSc2cc(F)ccc2N1. The summed E-state index contributed by atoms with van der Waals surface area (Å²) in [6, 6.07) is 4.73. The summed E-state index contributed by atoms with van der Waals surface area (Å²) in [5.74, 6) is 0.572. The Balaban J connectivity index is 2.26. The minimum absolute atomic E-state index is 0.0861. The largest absolute Gasteiger partial charge is 0.394 e. The molecule has 1 aliphatic heterocycles. The van der Waals surface area contributed by atoms with Crippen LogP contribution in [0.25, 0.3) is 0 Å². The van der Waals surface area contributed by atoms with Gasteiger partial charge in [-0.3, -0.25) is 0 Å². The third kappa shape index (κ3) is 1.78. The van der Waals surface area contributed by atoms with Crippen LogP contribution < -0.4 is 5.32 Å². The lowest BCUT2D eigenvalue weighted by Crippen LogP contribution is -2.29. The van der Waals surface area contributed by atoms with Crippen molar-refractivity contribution in [2.75, 3.05) is 17.7 Å². The van der Waals surface area contributed by atoms with Gasteiger partial charge in [-0.2, -0.15) is 0 Å². The summed E-state index contributed by atoms with van der Waals surface area (Å²) in [5, 5.41) is 12.1. The molecule has 1 aromatic carbocycles. The molecule has 70 valence electrons. The first kappa shape index (κ1) is 8.84. The number of hydrogen-bond donors (Lipinski definition) is 2. The minimum atomic E-state index is -0.213. The van der Waals surface area contributed by atoms with E-state index in [9.17, 15) is 4.39 Å². The molecule has 0 saturated heterocycles. The number of nitrogens with one attached hydrogen (secondary N) is 1. The monoisotopic (exact) mass is 199 g/mol. The molecular formula is C9H10FNOS. The molecule has 0 spiro atoms. The first-order valence-corrected chi connectivity index (χ1v) is 5.08. The molecule has 0 radical (unpaired) electrons. The van der Waals surface area contributed by atoms with Crippen molar-refractivity contribution in [2.24, 2.45) is 0 Å². The van der Waals surface area contributed by atoms with Crippen molar-refractivity contribution in [3.63, 3.8) is 0 Å². The van der Waals surface area contributed by atoms with Gasteiger partial charge in [0.1, 0.15) is 5.82 Å². The lowest BCUT2D eigenvalue weighted by Gasteiger charge is -2.24. The lowest BCUT2D eigenvalue weighted by molar-refractivity contribution is 0.282. The van der Waals surface area contributed by atoms with E-state index < -0.39 is 0 Å². The second-order valence-electron chi connectivity index (χ2n) is 2.98. The number of halogens is 1. The highest BCUT2D eigenvalue weighted by atomic mass is 32.2. The van der Waals surface area contributed by atoms with Crippen LogP contribution in [0.15, 0.2) is 23.1 Å². The first-order chi connectivity index (χ1) is 6.29. The normalized spacial score (nSPS) is 20.6. The van der Waals surface area contributed by atoms with Gasteiger partial charge in [0.15, 0.2) is 0 Å². The topological polar surface area (TPSA) is 32.3 Å². The maximum atomic E-state index is 12.8. The maximum absolute atomic E-state index is 12.8. The number of thioether (sulfide) groups is 1. The van der Waals surface area contributed by atoms with E-state index in [1.54, 1.807) is 17.8 Å². The van der Waals surface area contributed by atoms with E-state index in [-0.39, 0.29) is 18.5 Å². The fraction of sp³-hybridized carbons (Fsp3) is 0.333. The zero-order valence-corrected chi connectivity index (χ0v) is 7.77. The summed E-state index contributed by atoms with van der Waals surface area (Å²) in [6.45, 7) is 0.115. The Bertz CT molecular complexity index is 318. The van der Waals surface area contributed by atoms with Crippen LogP contribution in [-0.4, -0.2) is 23.5 Å². The summed E-state index contributed by atoms with van der Waals surface area (Å²) in [5.41, 5.74) is 0.914. The third-order valence-electron chi connectivity index (χ3n) is 1.96. The molecule has 0 amide bonds. The van der Waals surface area contributed by atoms with Crippen LogP contribution in [0.5, 0.6) is 0 Å². The van der Waals surface area contributed by atoms with Crippen LogP contribution in [0.2, 0.25) is 0 Å². The van der Waals surface area contributed by atoms with Gasteiger partial charge in [0.2, 0.25) is 0 Å². The summed E-state index contributed by atoms with van der Waals surface area (Å²) >= 11 is 1.57. The molecule has 1 aliphatic rings. The van der Waals surface area contributed by atoms with Crippen LogP contribution in [0, 0.1) is 5.82 Å². The molecule has 0 aliphatic carbocycles. The summed E-state index contributed by atoms with van der Waals surface area (Å²) in [4.78, 5) is 0.921. The van der Waals surface area contributed by atoms with Crippen LogP contribution in [0.4, 0.5) is 10.1 Å². The second kappa shape index (κ2) is 3.55. The number of benzene rings is 1. The number of aliphatic hydroxyl groups is 1. The summed E-state index contributed by atoms with van der Waals surface area (Å²) < 4.78 is 12.8. The minimum Gasteiger partial charge on any atom is -0.394 e. The number of hydrogen-bond acceptors (Lipinski definition) is 3. The molecule has 0 bridgehead atoms. The fourth-order valence-corrected chi connectivity index (χ4v) is 2.33. The van der Waals surface area contributed by atoms with Gasteiger partial charge in [-0.05, 0) is 18.2 Å². The van der Waals surface area contributed by atoms with Gasteiger partial charge in [-0.1, -0.05) is 0 Å². The smallest absolute Gasteiger partial charge is 0.124 e. The van der Waals surface area contributed by atoms with E-state index in [1.807, 2.05) is 0 Å². The van der Waals surface area contributed by atoms with Gasteiger partial charge >= 0.3 is 0 Å². The molecule has 2 N–H and O–H groups in total. The molecule has 1 aromatic rings. The average molecular weight is 199 g/mol. The second-order valence-corrected chi connectivity index (χ2v) is 4.04. The van der Waals surface area contributed by atoms with Crippen molar-refractivity contribution >= 4 is 17.4 Å².